The number of piperidine rings is 1. The first kappa shape index (κ1) is 22.2. The van der Waals surface area contributed by atoms with Crippen LogP contribution < -0.4 is 10.2 Å². The van der Waals surface area contributed by atoms with Crippen LogP contribution in [-0.4, -0.2) is 60.2 Å². The number of anilines is 1. The van der Waals surface area contributed by atoms with Crippen LogP contribution >= 0.6 is 0 Å². The Bertz CT molecular complexity index is 878. The number of benzene rings is 1. The van der Waals surface area contributed by atoms with Gasteiger partial charge in [0.25, 0.3) is 5.91 Å². The molecule has 1 aliphatic heterocycles. The van der Waals surface area contributed by atoms with Crippen molar-refractivity contribution in [3.8, 4) is 0 Å². The van der Waals surface area contributed by atoms with Gasteiger partial charge in [0.2, 0.25) is 5.95 Å². The first-order valence-corrected chi connectivity index (χ1v) is 10.2. The highest BCUT2D eigenvalue weighted by molar-refractivity contribution is 5.87. The van der Waals surface area contributed by atoms with Crippen LogP contribution in [0.15, 0.2) is 48.8 Å². The molecule has 0 radical (unpaired) electrons. The number of nitrogens with one attached hydrogen (secondary N) is 1. The molecule has 1 saturated heterocycles. The van der Waals surface area contributed by atoms with E-state index in [1.54, 1.807) is 23.4 Å². The lowest BCUT2D eigenvalue weighted by Crippen LogP contribution is -2.48. The molecule has 1 fully saturated rings. The van der Waals surface area contributed by atoms with Crippen LogP contribution in [0.2, 0.25) is 0 Å². The molecule has 2 heterocycles. The molecule has 2 atom stereocenters. The van der Waals surface area contributed by atoms with E-state index in [0.29, 0.717) is 18.9 Å². The van der Waals surface area contributed by atoms with Gasteiger partial charge in [0.1, 0.15) is 12.1 Å². The molecule has 164 valence electrons. The molecule has 31 heavy (non-hydrogen) atoms. The molecule has 2 unspecified atom stereocenters. The Morgan fingerprint density at radius 2 is 1.87 bits per heavy atom. The zero-order valence-electron chi connectivity index (χ0n) is 17.4. The summed E-state index contributed by atoms with van der Waals surface area (Å²) >= 11 is 0. The summed E-state index contributed by atoms with van der Waals surface area (Å²) < 4.78 is 10.0. The lowest BCUT2D eigenvalue weighted by molar-refractivity contribution is -0.151. The van der Waals surface area contributed by atoms with Gasteiger partial charge in [-0.1, -0.05) is 30.3 Å². The quantitative estimate of drug-likeness (QED) is 0.629. The van der Waals surface area contributed by atoms with E-state index >= 15 is 0 Å². The van der Waals surface area contributed by atoms with E-state index in [0.717, 1.165) is 18.4 Å². The number of methoxy groups -OCH3 is 1. The number of amides is 1. The zero-order valence-corrected chi connectivity index (χ0v) is 17.4. The number of carbonyl (C=O) groups is 3. The van der Waals surface area contributed by atoms with Crippen LogP contribution in [0.5, 0.6) is 0 Å². The summed E-state index contributed by atoms with van der Waals surface area (Å²) in [7, 11) is 1.26. The van der Waals surface area contributed by atoms with E-state index in [2.05, 4.69) is 15.3 Å². The molecule has 0 spiro atoms. The predicted molar refractivity (Wildman–Crippen MR) is 112 cm³/mol. The summed E-state index contributed by atoms with van der Waals surface area (Å²) in [6, 6.07) is 9.55. The van der Waals surface area contributed by atoms with Gasteiger partial charge in [0.05, 0.1) is 7.11 Å². The molecular weight excluding hydrogens is 400 g/mol. The summed E-state index contributed by atoms with van der Waals surface area (Å²) in [6.45, 7) is 0.151. The van der Waals surface area contributed by atoms with Crippen LogP contribution in [-0.2, 0) is 30.3 Å². The van der Waals surface area contributed by atoms with Crippen molar-refractivity contribution >= 4 is 23.8 Å². The molecular formula is C22H26N4O5. The molecule has 1 amide bonds. The van der Waals surface area contributed by atoms with Gasteiger partial charge in [-0.05, 0) is 30.9 Å². The maximum Gasteiger partial charge on any atom is 0.329 e. The minimum absolute atomic E-state index is 0.273. The predicted octanol–water partition coefficient (Wildman–Crippen LogP) is 1.28. The highest BCUT2D eigenvalue weighted by atomic mass is 16.5. The van der Waals surface area contributed by atoms with E-state index in [1.165, 1.54) is 7.11 Å². The lowest BCUT2D eigenvalue weighted by Gasteiger charge is -2.33. The van der Waals surface area contributed by atoms with Crippen LogP contribution in [0.3, 0.4) is 0 Å². The first-order valence-electron chi connectivity index (χ1n) is 10.2. The van der Waals surface area contributed by atoms with Crippen molar-refractivity contribution in [1.29, 1.82) is 0 Å². The molecule has 1 aromatic heterocycles. The summed E-state index contributed by atoms with van der Waals surface area (Å²) in [4.78, 5) is 47.3. The normalized spacial score (nSPS) is 16.8. The van der Waals surface area contributed by atoms with Crippen molar-refractivity contribution in [3.05, 3.63) is 54.4 Å². The van der Waals surface area contributed by atoms with Crippen LogP contribution in [0.25, 0.3) is 0 Å². The highest BCUT2D eigenvalue weighted by Crippen LogP contribution is 2.22. The first-order chi connectivity index (χ1) is 15.1. The number of rotatable bonds is 8. The number of ether oxygens (including phenoxy) is 2. The largest absolute Gasteiger partial charge is 0.467 e. The van der Waals surface area contributed by atoms with Gasteiger partial charge >= 0.3 is 11.9 Å². The Morgan fingerprint density at radius 3 is 2.58 bits per heavy atom. The number of carbonyl (C=O) groups excluding carboxylic acids is 3. The molecule has 1 N–H and O–H groups in total. The van der Waals surface area contributed by atoms with Crippen molar-refractivity contribution in [2.24, 2.45) is 0 Å². The van der Waals surface area contributed by atoms with Crippen LogP contribution in [0.1, 0.15) is 24.8 Å². The topological polar surface area (TPSA) is 111 Å². The summed E-state index contributed by atoms with van der Waals surface area (Å²) in [5.41, 5.74) is 0.871. The molecule has 0 aliphatic carbocycles. The molecule has 0 bridgehead atoms. The summed E-state index contributed by atoms with van der Waals surface area (Å²) in [6.07, 6.45) is 5.89. The van der Waals surface area contributed by atoms with Crippen molar-refractivity contribution in [2.75, 3.05) is 25.2 Å². The Labute approximate surface area is 180 Å². The molecule has 9 nitrogen and oxygen atoms in total. The summed E-state index contributed by atoms with van der Waals surface area (Å²) in [5.74, 6) is -1.19. The van der Waals surface area contributed by atoms with E-state index < -0.39 is 36.5 Å². The Morgan fingerprint density at radius 1 is 1.13 bits per heavy atom. The van der Waals surface area contributed by atoms with E-state index in [1.807, 2.05) is 30.3 Å². The molecule has 2 aromatic rings. The number of hydrogen-bond donors (Lipinski definition) is 1. The molecule has 1 aliphatic rings. The Hall–Kier alpha value is -3.49. The second-order valence-electron chi connectivity index (χ2n) is 7.19. The molecule has 1 aromatic carbocycles. The Kier molecular flexibility index (Phi) is 7.91. The van der Waals surface area contributed by atoms with Gasteiger partial charge in [-0.3, -0.25) is 4.79 Å². The van der Waals surface area contributed by atoms with Gasteiger partial charge in [0.15, 0.2) is 6.61 Å². The number of aromatic nitrogens is 2. The SMILES string of the molecule is COC(=O)C(Cc1ccccc1)NC(=O)COC(=O)C1CCCCN1c1ncccn1. The maximum absolute atomic E-state index is 12.7. The van der Waals surface area contributed by atoms with Gasteiger partial charge in [-0.2, -0.15) is 0 Å². The number of nitrogens with zero attached hydrogens (tertiary/aromatic N) is 3. The van der Waals surface area contributed by atoms with Gasteiger partial charge in [0, 0.05) is 25.4 Å². The fourth-order valence-electron chi connectivity index (χ4n) is 3.51. The van der Waals surface area contributed by atoms with Crippen LogP contribution in [0, 0.1) is 0 Å². The van der Waals surface area contributed by atoms with Crippen LogP contribution in [0.4, 0.5) is 5.95 Å². The third kappa shape index (κ3) is 6.24. The number of esters is 2. The molecule has 9 heteroatoms. The van der Waals surface area contributed by atoms with Gasteiger partial charge in [-0.15, -0.1) is 0 Å². The standard InChI is InChI=1S/C22H26N4O5/c1-30-20(28)17(14-16-8-3-2-4-9-16)25-19(27)15-31-21(29)18-10-5-6-13-26(18)22-23-11-7-12-24-22/h2-4,7-9,11-12,17-18H,5-6,10,13-15H2,1H3,(H,25,27). The van der Waals surface area contributed by atoms with Crippen molar-refractivity contribution in [3.63, 3.8) is 0 Å². The highest BCUT2D eigenvalue weighted by Gasteiger charge is 2.32. The van der Waals surface area contributed by atoms with Crippen molar-refractivity contribution in [2.45, 2.75) is 37.8 Å². The van der Waals surface area contributed by atoms with Gasteiger partial charge < -0.3 is 19.7 Å². The summed E-state index contributed by atoms with van der Waals surface area (Å²) in [5, 5.41) is 2.59. The second-order valence-corrected chi connectivity index (χ2v) is 7.19. The monoisotopic (exact) mass is 426 g/mol. The fraction of sp³-hybridized carbons (Fsp3) is 0.409. The van der Waals surface area contributed by atoms with Crippen molar-refractivity contribution < 1.29 is 23.9 Å². The minimum Gasteiger partial charge on any atom is -0.467 e. The van der Waals surface area contributed by atoms with Gasteiger partial charge in [-0.25, -0.2) is 19.6 Å². The minimum atomic E-state index is -0.873. The average Bonchev–Trinajstić information content (AvgIpc) is 2.82. The smallest absolute Gasteiger partial charge is 0.329 e. The molecule has 0 saturated carbocycles. The number of hydrogen-bond acceptors (Lipinski definition) is 8. The third-order valence-electron chi connectivity index (χ3n) is 5.03. The van der Waals surface area contributed by atoms with E-state index in [-0.39, 0.29) is 6.42 Å². The lowest BCUT2D eigenvalue weighted by atomic mass is 10.0. The maximum atomic E-state index is 12.7. The van der Waals surface area contributed by atoms with E-state index in [4.69, 9.17) is 9.47 Å². The fourth-order valence-corrected chi connectivity index (χ4v) is 3.51. The third-order valence-corrected chi connectivity index (χ3v) is 5.03. The molecule has 3 rings (SSSR count). The Balaban J connectivity index is 1.56. The zero-order chi connectivity index (χ0) is 22.1. The second kappa shape index (κ2) is 11.1. The van der Waals surface area contributed by atoms with Crippen molar-refractivity contribution in [1.82, 2.24) is 15.3 Å². The average molecular weight is 426 g/mol. The van der Waals surface area contributed by atoms with E-state index in [9.17, 15) is 14.4 Å².